The Balaban J connectivity index is 1.45. The van der Waals surface area contributed by atoms with Crippen LogP contribution in [0.2, 0.25) is 0 Å². The molecule has 0 aliphatic heterocycles. The van der Waals surface area contributed by atoms with Crippen LogP contribution in [0.3, 0.4) is 0 Å². The summed E-state index contributed by atoms with van der Waals surface area (Å²) in [5.74, 6) is 0.779. The average molecular weight is 447 g/mol. The quantitative estimate of drug-likeness (QED) is 0.398. The smallest absolute Gasteiger partial charge is 0.387 e. The molecule has 0 aliphatic rings. The van der Waals surface area contributed by atoms with Gasteiger partial charge in [0.05, 0.1) is 22.7 Å². The van der Waals surface area contributed by atoms with Gasteiger partial charge in [0.25, 0.3) is 0 Å². The first-order valence-electron chi connectivity index (χ1n) is 8.79. The van der Waals surface area contributed by atoms with Crippen LogP contribution in [0.1, 0.15) is 11.5 Å². The standard InChI is InChI=1S/C20H15F2N3O3S2/c1-11-13(23-18(27-11)16-7-4-8-29-16)9-17(26)25-20-24-14(10-30-20)12-5-2-3-6-15(12)28-19(21)22/h2-8,10,19H,9H2,1H3,(H,24,25,26). The number of alkyl halides is 2. The summed E-state index contributed by atoms with van der Waals surface area (Å²) in [7, 11) is 0. The highest BCUT2D eigenvalue weighted by Gasteiger charge is 2.17. The second kappa shape index (κ2) is 8.72. The number of amides is 1. The molecule has 0 radical (unpaired) electrons. The number of benzene rings is 1. The predicted molar refractivity (Wildman–Crippen MR) is 111 cm³/mol. The van der Waals surface area contributed by atoms with Gasteiger partial charge in [0.1, 0.15) is 11.5 Å². The van der Waals surface area contributed by atoms with E-state index in [0.29, 0.717) is 33.7 Å². The number of carbonyl (C=O) groups is 1. The Morgan fingerprint density at radius 3 is 2.80 bits per heavy atom. The number of aromatic nitrogens is 2. The number of para-hydroxylation sites is 1. The van der Waals surface area contributed by atoms with Crippen LogP contribution in [0, 0.1) is 6.92 Å². The number of carbonyl (C=O) groups excluding carboxylic acids is 1. The summed E-state index contributed by atoms with van der Waals surface area (Å²) in [6.45, 7) is -1.18. The number of nitrogens with zero attached hydrogens (tertiary/aromatic N) is 2. The average Bonchev–Trinajstić information content (AvgIpc) is 3.44. The zero-order chi connectivity index (χ0) is 21.1. The molecule has 30 heavy (non-hydrogen) atoms. The Labute approximate surface area is 178 Å². The van der Waals surface area contributed by atoms with E-state index in [1.54, 1.807) is 30.5 Å². The zero-order valence-electron chi connectivity index (χ0n) is 15.6. The minimum atomic E-state index is -2.94. The number of aryl methyl sites for hydroxylation is 1. The molecule has 10 heteroatoms. The molecule has 1 N–H and O–H groups in total. The Bertz CT molecular complexity index is 1160. The highest BCUT2D eigenvalue weighted by atomic mass is 32.1. The number of nitrogens with one attached hydrogen (secondary N) is 1. The number of thiophene rings is 1. The van der Waals surface area contributed by atoms with Gasteiger partial charge in [0.2, 0.25) is 11.8 Å². The van der Waals surface area contributed by atoms with E-state index in [9.17, 15) is 13.6 Å². The largest absolute Gasteiger partial charge is 0.440 e. The molecule has 1 aromatic carbocycles. The van der Waals surface area contributed by atoms with E-state index in [-0.39, 0.29) is 18.1 Å². The third-order valence-corrected chi connectivity index (χ3v) is 5.70. The maximum atomic E-state index is 12.6. The summed E-state index contributed by atoms with van der Waals surface area (Å²) in [4.78, 5) is 22.1. The Morgan fingerprint density at radius 2 is 2.03 bits per heavy atom. The molecule has 0 saturated heterocycles. The van der Waals surface area contributed by atoms with Gasteiger partial charge in [-0.15, -0.1) is 22.7 Å². The molecule has 0 atom stereocenters. The van der Waals surface area contributed by atoms with Crippen molar-refractivity contribution < 1.29 is 22.7 Å². The topological polar surface area (TPSA) is 77.3 Å². The molecule has 3 aromatic heterocycles. The lowest BCUT2D eigenvalue weighted by Gasteiger charge is -2.08. The maximum absolute atomic E-state index is 12.6. The van der Waals surface area contributed by atoms with Crippen molar-refractivity contribution >= 4 is 33.7 Å². The van der Waals surface area contributed by atoms with Gasteiger partial charge in [-0.3, -0.25) is 4.79 Å². The predicted octanol–water partition coefficient (Wildman–Crippen LogP) is 5.62. The van der Waals surface area contributed by atoms with E-state index in [0.717, 1.165) is 4.88 Å². The molecule has 3 heterocycles. The van der Waals surface area contributed by atoms with Crippen molar-refractivity contribution in [3.63, 3.8) is 0 Å². The summed E-state index contributed by atoms with van der Waals surface area (Å²) >= 11 is 2.69. The molecule has 0 aliphatic carbocycles. The molecule has 0 spiro atoms. The van der Waals surface area contributed by atoms with Gasteiger partial charge in [-0.25, -0.2) is 9.97 Å². The Hall–Kier alpha value is -3.11. The van der Waals surface area contributed by atoms with E-state index >= 15 is 0 Å². The second-order valence-electron chi connectivity index (χ2n) is 6.14. The van der Waals surface area contributed by atoms with Gasteiger partial charge in [-0.1, -0.05) is 18.2 Å². The van der Waals surface area contributed by atoms with Gasteiger partial charge < -0.3 is 14.5 Å². The first-order valence-corrected chi connectivity index (χ1v) is 10.6. The van der Waals surface area contributed by atoms with Crippen LogP contribution < -0.4 is 10.1 Å². The van der Waals surface area contributed by atoms with Crippen LogP contribution in [-0.2, 0) is 11.2 Å². The van der Waals surface area contributed by atoms with Crippen molar-refractivity contribution in [2.24, 2.45) is 0 Å². The van der Waals surface area contributed by atoms with E-state index in [1.807, 2.05) is 17.5 Å². The van der Waals surface area contributed by atoms with Crippen molar-refractivity contribution in [3.8, 4) is 27.8 Å². The number of hydrogen-bond acceptors (Lipinski definition) is 7. The van der Waals surface area contributed by atoms with E-state index in [4.69, 9.17) is 4.42 Å². The van der Waals surface area contributed by atoms with Gasteiger partial charge in [0, 0.05) is 10.9 Å². The second-order valence-corrected chi connectivity index (χ2v) is 7.94. The molecular formula is C20H15F2N3O3S2. The Morgan fingerprint density at radius 1 is 1.20 bits per heavy atom. The zero-order valence-corrected chi connectivity index (χ0v) is 17.2. The molecule has 0 bridgehead atoms. The molecule has 0 saturated carbocycles. The normalized spacial score (nSPS) is 11.1. The minimum absolute atomic E-state index is 0.0232. The molecule has 4 aromatic rings. The van der Waals surface area contributed by atoms with Crippen LogP contribution in [-0.4, -0.2) is 22.5 Å². The van der Waals surface area contributed by atoms with E-state index in [2.05, 4.69) is 20.0 Å². The first kappa shape index (κ1) is 20.2. The maximum Gasteiger partial charge on any atom is 0.387 e. The first-order chi connectivity index (χ1) is 14.5. The van der Waals surface area contributed by atoms with Crippen LogP contribution in [0.4, 0.5) is 13.9 Å². The lowest BCUT2D eigenvalue weighted by atomic mass is 10.1. The fourth-order valence-electron chi connectivity index (χ4n) is 2.75. The third-order valence-electron chi connectivity index (χ3n) is 4.08. The lowest BCUT2D eigenvalue weighted by Crippen LogP contribution is -2.15. The van der Waals surface area contributed by atoms with Gasteiger partial charge in [0.15, 0.2) is 5.13 Å². The fraction of sp³-hybridized carbons (Fsp3) is 0.150. The molecule has 0 unspecified atom stereocenters. The molecule has 1 amide bonds. The number of rotatable bonds is 7. The van der Waals surface area contributed by atoms with Crippen LogP contribution in [0.15, 0.2) is 51.6 Å². The van der Waals surface area contributed by atoms with Crippen molar-refractivity contribution in [1.29, 1.82) is 0 Å². The molecule has 4 rings (SSSR count). The fourth-order valence-corrected chi connectivity index (χ4v) is 4.12. The lowest BCUT2D eigenvalue weighted by molar-refractivity contribution is -0.115. The third kappa shape index (κ3) is 4.55. The van der Waals surface area contributed by atoms with E-state index in [1.165, 1.54) is 28.7 Å². The monoisotopic (exact) mass is 447 g/mol. The number of halogens is 2. The summed E-state index contributed by atoms with van der Waals surface area (Å²) in [6, 6.07) is 10.2. The minimum Gasteiger partial charge on any atom is -0.440 e. The van der Waals surface area contributed by atoms with Gasteiger partial charge >= 0.3 is 6.61 Å². The Kier molecular flexibility index (Phi) is 5.86. The van der Waals surface area contributed by atoms with Crippen LogP contribution in [0.25, 0.3) is 22.0 Å². The van der Waals surface area contributed by atoms with Crippen molar-refractivity contribution in [1.82, 2.24) is 9.97 Å². The van der Waals surface area contributed by atoms with Gasteiger partial charge in [-0.2, -0.15) is 8.78 Å². The molecule has 154 valence electrons. The van der Waals surface area contributed by atoms with Crippen LogP contribution in [0.5, 0.6) is 5.75 Å². The summed E-state index contributed by atoms with van der Waals surface area (Å²) in [5.41, 5.74) is 1.40. The SMILES string of the molecule is Cc1oc(-c2cccs2)nc1CC(=O)Nc1nc(-c2ccccc2OC(F)F)cs1. The summed E-state index contributed by atoms with van der Waals surface area (Å²) in [5, 5.41) is 6.65. The van der Waals surface area contributed by atoms with Crippen molar-refractivity contribution in [3.05, 3.63) is 58.6 Å². The highest BCUT2D eigenvalue weighted by Crippen LogP contribution is 2.33. The number of hydrogen-bond donors (Lipinski definition) is 1. The van der Waals surface area contributed by atoms with Crippen molar-refractivity contribution in [2.75, 3.05) is 5.32 Å². The number of thiazole rings is 1. The molecule has 6 nitrogen and oxygen atoms in total. The summed E-state index contributed by atoms with van der Waals surface area (Å²) < 4.78 is 35.4. The number of oxazole rings is 1. The van der Waals surface area contributed by atoms with E-state index < -0.39 is 6.61 Å². The highest BCUT2D eigenvalue weighted by molar-refractivity contribution is 7.14. The van der Waals surface area contributed by atoms with Crippen molar-refractivity contribution in [2.45, 2.75) is 20.0 Å². The van der Waals surface area contributed by atoms with Crippen LogP contribution >= 0.6 is 22.7 Å². The molecular weight excluding hydrogens is 432 g/mol. The number of anilines is 1. The summed E-state index contributed by atoms with van der Waals surface area (Å²) in [6.07, 6.45) is 0.0285. The van der Waals surface area contributed by atoms with Gasteiger partial charge in [-0.05, 0) is 30.5 Å². The number of ether oxygens (including phenoxy) is 1. The molecule has 0 fully saturated rings.